The Bertz CT molecular complexity index is 718. The van der Waals surface area contributed by atoms with Crippen molar-refractivity contribution in [2.45, 2.75) is 11.8 Å². The van der Waals surface area contributed by atoms with E-state index in [4.69, 9.17) is 16.7 Å². The largest absolute Gasteiger partial charge is 0.478 e. The monoisotopic (exact) mass is 335 g/mol. The smallest absolute Gasteiger partial charge is 0.337 e. The van der Waals surface area contributed by atoms with Gasteiger partial charge in [-0.3, -0.25) is 4.79 Å². The molecule has 0 unspecified atom stereocenters. The van der Waals surface area contributed by atoms with Gasteiger partial charge in [-0.2, -0.15) is 0 Å². The molecule has 4 nitrogen and oxygen atoms in total. The Labute approximate surface area is 137 Å². The minimum atomic E-state index is -1.11. The van der Waals surface area contributed by atoms with E-state index in [0.29, 0.717) is 5.02 Å². The number of carboxylic acid groups (broad SMARTS) is 1. The van der Waals surface area contributed by atoms with Gasteiger partial charge in [-0.15, -0.1) is 11.8 Å². The minimum absolute atomic E-state index is 0.0123. The average Bonchev–Trinajstić information content (AvgIpc) is 2.45. The highest BCUT2D eigenvalue weighted by Crippen LogP contribution is 2.23. The van der Waals surface area contributed by atoms with E-state index in [2.05, 4.69) is 5.32 Å². The maximum atomic E-state index is 12.0. The summed E-state index contributed by atoms with van der Waals surface area (Å²) in [6.07, 6.45) is 0. The molecule has 6 heteroatoms. The number of anilines is 1. The van der Waals surface area contributed by atoms with Gasteiger partial charge in [0.05, 0.1) is 17.0 Å². The van der Waals surface area contributed by atoms with Crippen LogP contribution in [0.1, 0.15) is 15.9 Å². The van der Waals surface area contributed by atoms with Crippen LogP contribution in [0.15, 0.2) is 47.4 Å². The number of rotatable bonds is 5. The molecular weight excluding hydrogens is 322 g/mol. The molecule has 2 aromatic rings. The first-order valence-electron chi connectivity index (χ1n) is 6.48. The molecule has 0 saturated carbocycles. The van der Waals surface area contributed by atoms with Crippen LogP contribution in [0.25, 0.3) is 0 Å². The van der Waals surface area contributed by atoms with Crippen molar-refractivity contribution in [1.29, 1.82) is 0 Å². The maximum absolute atomic E-state index is 12.0. The molecule has 2 aromatic carbocycles. The van der Waals surface area contributed by atoms with Crippen molar-refractivity contribution in [3.05, 3.63) is 58.6 Å². The van der Waals surface area contributed by atoms with Gasteiger partial charge in [0.25, 0.3) is 0 Å². The van der Waals surface area contributed by atoms with E-state index < -0.39 is 5.97 Å². The first kappa shape index (κ1) is 16.4. The lowest BCUT2D eigenvalue weighted by atomic mass is 10.2. The first-order chi connectivity index (χ1) is 10.5. The number of thioether (sulfide) groups is 1. The molecule has 0 spiro atoms. The molecule has 0 atom stereocenters. The van der Waals surface area contributed by atoms with Crippen molar-refractivity contribution in [3.8, 4) is 0 Å². The van der Waals surface area contributed by atoms with E-state index in [1.165, 1.54) is 30.0 Å². The lowest BCUT2D eigenvalue weighted by Crippen LogP contribution is -2.16. The summed E-state index contributed by atoms with van der Waals surface area (Å²) in [5.74, 6) is -1.20. The van der Waals surface area contributed by atoms with Crippen LogP contribution < -0.4 is 5.32 Å². The Morgan fingerprint density at radius 2 is 2.00 bits per heavy atom. The van der Waals surface area contributed by atoms with Gasteiger partial charge in [0.1, 0.15) is 0 Å². The molecule has 0 aliphatic carbocycles. The molecule has 2 rings (SSSR count). The number of hydrogen-bond acceptors (Lipinski definition) is 3. The second-order valence-corrected chi connectivity index (χ2v) is 6.13. The molecule has 22 heavy (non-hydrogen) atoms. The lowest BCUT2D eigenvalue weighted by molar-refractivity contribution is -0.113. The van der Waals surface area contributed by atoms with Gasteiger partial charge in [-0.25, -0.2) is 4.79 Å². The van der Waals surface area contributed by atoms with Crippen molar-refractivity contribution < 1.29 is 14.7 Å². The van der Waals surface area contributed by atoms with Crippen LogP contribution in [0.2, 0.25) is 5.02 Å². The van der Waals surface area contributed by atoms with E-state index in [1.54, 1.807) is 0 Å². The summed E-state index contributed by atoms with van der Waals surface area (Å²) in [5, 5.41) is 12.1. The van der Waals surface area contributed by atoms with Crippen LogP contribution in [0.3, 0.4) is 0 Å². The van der Waals surface area contributed by atoms with Crippen LogP contribution in [0, 0.1) is 6.92 Å². The number of amides is 1. The molecule has 0 aromatic heterocycles. The molecule has 0 saturated heterocycles. The normalized spacial score (nSPS) is 10.3. The van der Waals surface area contributed by atoms with Crippen LogP contribution in [-0.4, -0.2) is 22.7 Å². The molecule has 114 valence electrons. The summed E-state index contributed by atoms with van der Waals surface area (Å²) in [6, 6.07) is 12.1. The second-order valence-electron chi connectivity index (χ2n) is 4.65. The van der Waals surface area contributed by atoms with Gasteiger partial charge in [-0.05, 0) is 37.3 Å². The Balaban J connectivity index is 2.03. The summed E-state index contributed by atoms with van der Waals surface area (Å²) in [7, 11) is 0. The van der Waals surface area contributed by atoms with Crippen molar-refractivity contribution >= 4 is 40.9 Å². The molecule has 0 radical (unpaired) electrons. The van der Waals surface area contributed by atoms with Gasteiger partial charge < -0.3 is 10.4 Å². The molecular formula is C16H14ClNO3S. The number of halogens is 1. The molecule has 0 aliphatic rings. The third-order valence-corrected chi connectivity index (χ3v) is 4.07. The van der Waals surface area contributed by atoms with Crippen molar-refractivity contribution in [2.24, 2.45) is 0 Å². The number of carboxylic acids is 1. The fourth-order valence-electron chi connectivity index (χ4n) is 1.85. The zero-order chi connectivity index (χ0) is 16.1. The van der Waals surface area contributed by atoms with E-state index in [1.807, 2.05) is 31.2 Å². The minimum Gasteiger partial charge on any atom is -0.478 e. The molecule has 0 bridgehead atoms. The van der Waals surface area contributed by atoms with E-state index in [9.17, 15) is 9.59 Å². The summed E-state index contributed by atoms with van der Waals surface area (Å²) < 4.78 is 0. The van der Waals surface area contributed by atoms with E-state index in [-0.39, 0.29) is 22.9 Å². The van der Waals surface area contributed by atoms with Gasteiger partial charge >= 0.3 is 5.97 Å². The van der Waals surface area contributed by atoms with Crippen molar-refractivity contribution in [3.63, 3.8) is 0 Å². The van der Waals surface area contributed by atoms with Crippen LogP contribution in [0.5, 0.6) is 0 Å². The van der Waals surface area contributed by atoms with Gasteiger partial charge in [0.2, 0.25) is 5.91 Å². The quantitative estimate of drug-likeness (QED) is 0.808. The number of aryl methyl sites for hydroxylation is 1. The number of benzene rings is 2. The SMILES string of the molecule is Cc1cccc(SCC(=O)Nc2cc(Cl)ccc2C(=O)O)c1. The topological polar surface area (TPSA) is 66.4 Å². The lowest BCUT2D eigenvalue weighted by Gasteiger charge is -2.09. The predicted octanol–water partition coefficient (Wildman–Crippen LogP) is 4.08. The number of carbonyl (C=O) groups excluding carboxylic acids is 1. The van der Waals surface area contributed by atoms with Crippen LogP contribution in [0.4, 0.5) is 5.69 Å². The third-order valence-electron chi connectivity index (χ3n) is 2.85. The number of carbonyl (C=O) groups is 2. The molecule has 0 fully saturated rings. The fraction of sp³-hybridized carbons (Fsp3) is 0.125. The Morgan fingerprint density at radius 1 is 1.23 bits per heavy atom. The molecule has 1 amide bonds. The molecule has 0 aliphatic heterocycles. The zero-order valence-corrected chi connectivity index (χ0v) is 13.4. The predicted molar refractivity (Wildman–Crippen MR) is 88.9 cm³/mol. The number of nitrogens with one attached hydrogen (secondary N) is 1. The van der Waals surface area contributed by atoms with Gasteiger partial charge in [0, 0.05) is 9.92 Å². The fourth-order valence-corrected chi connectivity index (χ4v) is 2.83. The third kappa shape index (κ3) is 4.51. The highest BCUT2D eigenvalue weighted by atomic mass is 35.5. The Kier molecular flexibility index (Phi) is 5.46. The summed E-state index contributed by atoms with van der Waals surface area (Å²) in [5.41, 5.74) is 1.33. The van der Waals surface area contributed by atoms with Gasteiger partial charge in [-0.1, -0.05) is 29.3 Å². The highest BCUT2D eigenvalue weighted by molar-refractivity contribution is 8.00. The number of hydrogen-bond donors (Lipinski definition) is 2. The first-order valence-corrected chi connectivity index (χ1v) is 7.84. The average molecular weight is 336 g/mol. The highest BCUT2D eigenvalue weighted by Gasteiger charge is 2.13. The van der Waals surface area contributed by atoms with Crippen molar-refractivity contribution in [1.82, 2.24) is 0 Å². The Morgan fingerprint density at radius 3 is 2.68 bits per heavy atom. The number of aromatic carboxylic acids is 1. The molecule has 0 heterocycles. The maximum Gasteiger partial charge on any atom is 0.337 e. The van der Waals surface area contributed by atoms with Crippen LogP contribution >= 0.6 is 23.4 Å². The standard InChI is InChI=1S/C16H14ClNO3S/c1-10-3-2-4-12(7-10)22-9-15(19)18-14-8-11(17)5-6-13(14)16(20)21/h2-8H,9H2,1H3,(H,18,19)(H,20,21). The second kappa shape index (κ2) is 7.33. The summed E-state index contributed by atoms with van der Waals surface area (Å²) >= 11 is 7.23. The summed E-state index contributed by atoms with van der Waals surface area (Å²) in [4.78, 5) is 24.1. The van der Waals surface area contributed by atoms with E-state index in [0.717, 1.165) is 10.5 Å². The molecule has 2 N–H and O–H groups in total. The zero-order valence-electron chi connectivity index (χ0n) is 11.8. The summed E-state index contributed by atoms with van der Waals surface area (Å²) in [6.45, 7) is 1.98. The van der Waals surface area contributed by atoms with Crippen molar-refractivity contribution in [2.75, 3.05) is 11.1 Å². The van der Waals surface area contributed by atoms with E-state index >= 15 is 0 Å². The Hall–Kier alpha value is -1.98. The van der Waals surface area contributed by atoms with Crippen LogP contribution in [-0.2, 0) is 4.79 Å². The van der Waals surface area contributed by atoms with Gasteiger partial charge in [0.15, 0.2) is 0 Å².